The molecule has 0 unspecified atom stereocenters. The lowest BCUT2D eigenvalue weighted by Gasteiger charge is -2.59. The summed E-state index contributed by atoms with van der Waals surface area (Å²) in [6.07, 6.45) is 0.256. The maximum absolute atomic E-state index is 13.4. The minimum absolute atomic E-state index is 0.00983. The van der Waals surface area contributed by atoms with Gasteiger partial charge in [-0.25, -0.2) is 9.59 Å². The summed E-state index contributed by atoms with van der Waals surface area (Å²) in [6, 6.07) is 3.88. The average molecular weight is 629 g/mol. The van der Waals surface area contributed by atoms with Gasteiger partial charge in [-0.05, 0) is 55.2 Å². The molecule has 244 valence electrons. The Labute approximate surface area is 261 Å². The van der Waals surface area contributed by atoms with E-state index in [-0.39, 0.29) is 30.6 Å². The summed E-state index contributed by atoms with van der Waals surface area (Å²) in [5.41, 5.74) is 0.0805. The van der Waals surface area contributed by atoms with E-state index >= 15 is 0 Å². The molecule has 12 heteroatoms. The van der Waals surface area contributed by atoms with Gasteiger partial charge in [-0.2, -0.15) is 0 Å². The van der Waals surface area contributed by atoms with E-state index in [1.54, 1.807) is 13.2 Å². The van der Waals surface area contributed by atoms with Gasteiger partial charge >= 0.3 is 23.9 Å². The summed E-state index contributed by atoms with van der Waals surface area (Å²) in [4.78, 5) is 51.3. The van der Waals surface area contributed by atoms with E-state index in [2.05, 4.69) is 0 Å². The molecule has 45 heavy (non-hydrogen) atoms. The third-order valence-corrected chi connectivity index (χ3v) is 9.53. The largest absolute Gasteiger partial charge is 0.493 e. The van der Waals surface area contributed by atoms with Crippen molar-refractivity contribution in [3.8, 4) is 11.5 Å². The van der Waals surface area contributed by atoms with Crippen molar-refractivity contribution >= 4 is 23.9 Å². The van der Waals surface area contributed by atoms with Crippen molar-refractivity contribution in [2.45, 2.75) is 108 Å². The number of methoxy groups -OCH3 is 1. The highest BCUT2D eigenvalue weighted by molar-refractivity contribution is 5.87. The van der Waals surface area contributed by atoms with E-state index in [1.165, 1.54) is 13.8 Å². The van der Waals surface area contributed by atoms with Crippen LogP contribution in [0.3, 0.4) is 0 Å². The third-order valence-electron chi connectivity index (χ3n) is 9.53. The molecule has 6 rings (SSSR count). The van der Waals surface area contributed by atoms with Crippen molar-refractivity contribution in [1.29, 1.82) is 0 Å². The molecule has 1 aromatic rings. The maximum Gasteiger partial charge on any atom is 0.348 e. The first-order chi connectivity index (χ1) is 21.3. The molecule has 1 saturated heterocycles. The number of benzene rings is 1. The molecule has 2 aliphatic heterocycles. The van der Waals surface area contributed by atoms with Crippen LogP contribution < -0.4 is 9.47 Å². The minimum atomic E-state index is -1.63. The summed E-state index contributed by atoms with van der Waals surface area (Å²) >= 11 is 0. The van der Waals surface area contributed by atoms with Crippen LogP contribution in [-0.4, -0.2) is 72.4 Å². The summed E-state index contributed by atoms with van der Waals surface area (Å²) in [5.74, 6) is -3.34. The van der Waals surface area contributed by atoms with Crippen molar-refractivity contribution < 1.29 is 57.4 Å². The topological polar surface area (TPSA) is 153 Å². The van der Waals surface area contributed by atoms with E-state index in [4.69, 9.17) is 33.2 Å². The molecular weight excluding hydrogens is 588 g/mol. The van der Waals surface area contributed by atoms with Crippen LogP contribution in [0, 0.1) is 11.8 Å². The van der Waals surface area contributed by atoms with Crippen molar-refractivity contribution in [3.63, 3.8) is 0 Å². The summed E-state index contributed by atoms with van der Waals surface area (Å²) in [6.45, 7) is 6.78. The highest BCUT2D eigenvalue weighted by Gasteiger charge is 2.71. The quantitative estimate of drug-likeness (QED) is 0.299. The van der Waals surface area contributed by atoms with Gasteiger partial charge in [0.15, 0.2) is 23.7 Å². The first-order valence-corrected chi connectivity index (χ1v) is 15.5. The van der Waals surface area contributed by atoms with Crippen LogP contribution >= 0.6 is 0 Å². The molecule has 1 spiro atoms. The number of rotatable bonds is 10. The molecule has 12 nitrogen and oxygen atoms in total. The Balaban J connectivity index is 1.21. The predicted octanol–water partition coefficient (Wildman–Crippen LogP) is 3.18. The van der Waals surface area contributed by atoms with E-state index < -0.39 is 71.8 Å². The van der Waals surface area contributed by atoms with Crippen LogP contribution in [0.2, 0.25) is 0 Å². The van der Waals surface area contributed by atoms with E-state index in [1.807, 2.05) is 26.0 Å². The van der Waals surface area contributed by atoms with Crippen LogP contribution in [0.4, 0.5) is 0 Å². The van der Waals surface area contributed by atoms with Crippen LogP contribution in [0.5, 0.6) is 11.5 Å². The van der Waals surface area contributed by atoms with E-state index in [0.29, 0.717) is 17.9 Å². The number of hydrogen-bond donors (Lipinski definition) is 1. The summed E-state index contributed by atoms with van der Waals surface area (Å²) in [7, 11) is 1.55. The maximum atomic E-state index is 13.4. The highest BCUT2D eigenvalue weighted by Crippen LogP contribution is 2.67. The van der Waals surface area contributed by atoms with Crippen molar-refractivity contribution in [2.24, 2.45) is 11.8 Å². The number of aliphatic hydroxyl groups is 1. The summed E-state index contributed by atoms with van der Waals surface area (Å²) in [5, 5.41) is 12.2. The van der Waals surface area contributed by atoms with Crippen LogP contribution in [0.15, 0.2) is 24.0 Å². The van der Waals surface area contributed by atoms with Gasteiger partial charge < -0.3 is 38.3 Å². The van der Waals surface area contributed by atoms with Gasteiger partial charge in [0.1, 0.15) is 5.76 Å². The summed E-state index contributed by atoms with van der Waals surface area (Å²) < 4.78 is 39.1. The molecule has 3 aliphatic carbocycles. The smallest absolute Gasteiger partial charge is 0.348 e. The fraction of sp³-hybridized carbons (Fsp3) is 0.636. The van der Waals surface area contributed by atoms with Crippen LogP contribution in [0.1, 0.15) is 77.3 Å². The average Bonchev–Trinajstić information content (AvgIpc) is 3.44. The fourth-order valence-corrected chi connectivity index (χ4v) is 7.73. The number of carbonyl (C=O) groups excluding carboxylic acids is 4. The van der Waals surface area contributed by atoms with Gasteiger partial charge in [-0.1, -0.05) is 26.3 Å². The first kappa shape index (κ1) is 31.3. The minimum Gasteiger partial charge on any atom is -0.493 e. The van der Waals surface area contributed by atoms with Gasteiger partial charge in [0, 0.05) is 19.4 Å². The normalized spacial score (nSPS) is 30.8. The van der Waals surface area contributed by atoms with Gasteiger partial charge in [0.05, 0.1) is 37.6 Å². The van der Waals surface area contributed by atoms with Gasteiger partial charge in [0.2, 0.25) is 11.9 Å². The Hall–Kier alpha value is -3.64. The zero-order valence-corrected chi connectivity index (χ0v) is 26.2. The molecule has 1 saturated carbocycles. The van der Waals surface area contributed by atoms with Crippen LogP contribution in [0.25, 0.3) is 0 Å². The zero-order valence-electron chi connectivity index (χ0n) is 26.2. The molecule has 1 aromatic carbocycles. The van der Waals surface area contributed by atoms with Crippen molar-refractivity contribution in [3.05, 3.63) is 35.1 Å². The second-order valence-corrected chi connectivity index (χ2v) is 13.4. The molecule has 2 fully saturated rings. The lowest BCUT2D eigenvalue weighted by atomic mass is 9.47. The molecule has 0 radical (unpaired) electrons. The SMILES string of the molecule is COc1ccc2c3c1O[C@H]1C(OC(=O)C[C@H](OC(=O)C[C@@H]4OC(C)(C)OC4=O)C(=O)OCC(C)C)=CC[C@@]4(O)[C@H](CCC[C@]314)C2. The Morgan fingerprint density at radius 1 is 1.16 bits per heavy atom. The molecule has 6 atom stereocenters. The lowest BCUT2D eigenvalue weighted by Crippen LogP contribution is -2.67. The number of hydrogen-bond acceptors (Lipinski definition) is 12. The Bertz CT molecular complexity index is 1440. The molecule has 2 bridgehead atoms. The molecule has 0 amide bonds. The van der Waals surface area contributed by atoms with Gasteiger partial charge in [-0.15, -0.1) is 0 Å². The lowest BCUT2D eigenvalue weighted by molar-refractivity contribution is -0.175. The number of cyclic esters (lactones) is 1. The second kappa shape index (κ2) is 11.3. The number of carbonyl (C=O) groups is 4. The Morgan fingerprint density at radius 2 is 1.93 bits per heavy atom. The molecular formula is C33H40O12. The zero-order chi connectivity index (χ0) is 32.3. The predicted molar refractivity (Wildman–Crippen MR) is 154 cm³/mol. The van der Waals surface area contributed by atoms with Gasteiger partial charge in [-0.3, -0.25) is 9.59 Å². The number of esters is 4. The third kappa shape index (κ3) is 5.25. The van der Waals surface area contributed by atoms with Crippen molar-refractivity contribution in [2.75, 3.05) is 13.7 Å². The fourth-order valence-electron chi connectivity index (χ4n) is 7.73. The monoisotopic (exact) mass is 628 g/mol. The first-order valence-electron chi connectivity index (χ1n) is 15.5. The second-order valence-electron chi connectivity index (χ2n) is 13.4. The van der Waals surface area contributed by atoms with E-state index in [9.17, 15) is 24.3 Å². The highest BCUT2D eigenvalue weighted by atomic mass is 16.8. The number of ether oxygens (including phenoxy) is 7. The molecule has 5 aliphatic rings. The van der Waals surface area contributed by atoms with E-state index in [0.717, 1.165) is 30.4 Å². The molecule has 0 aromatic heterocycles. The standard InChI is InChI=1S/C33H40O12/c1-17(2)16-40-29(36)22(42-25(35)15-23-30(37)45-31(3,4)44-23)14-24(34)41-21-10-12-33(38)19-7-6-11-32(33)26-18(13-19)8-9-20(39-5)27(26)43-28(21)32/h8-10,17,19,22-23,28,38H,6-7,11-16H2,1-5H3/t19-,22+,23+,28+,32+,33-/m1/s1. The van der Waals surface area contributed by atoms with Crippen LogP contribution in [-0.2, 0) is 54.7 Å². The Kier molecular flexibility index (Phi) is 7.88. The Morgan fingerprint density at radius 3 is 2.62 bits per heavy atom. The van der Waals surface area contributed by atoms with Gasteiger partial charge in [0.25, 0.3) is 0 Å². The van der Waals surface area contributed by atoms with Crippen molar-refractivity contribution in [1.82, 2.24) is 0 Å². The molecule has 1 N–H and O–H groups in total. The molecule has 2 heterocycles.